The lowest BCUT2D eigenvalue weighted by atomic mass is 10.1. The van der Waals surface area contributed by atoms with E-state index in [0.29, 0.717) is 17.9 Å². The molecule has 1 fully saturated rings. The molecular formula is C23H25F3N2O4. The van der Waals surface area contributed by atoms with E-state index in [-0.39, 0.29) is 24.4 Å². The number of pyridine rings is 1. The Bertz CT molecular complexity index is 916. The average molecular weight is 450 g/mol. The van der Waals surface area contributed by atoms with Crippen LogP contribution in [0.2, 0.25) is 0 Å². The lowest BCUT2D eigenvalue weighted by Gasteiger charge is -2.26. The molecule has 9 heteroatoms. The third kappa shape index (κ3) is 7.18. The largest absolute Gasteiger partial charge is 0.573 e. The molecule has 0 N–H and O–H groups in total. The molecule has 1 aromatic heterocycles. The highest BCUT2D eigenvalue weighted by Gasteiger charge is 2.31. The fraction of sp³-hybridized carbons (Fsp3) is 0.391. The molecule has 0 bridgehead atoms. The number of hydrogen-bond donors (Lipinski definition) is 0. The molecule has 1 saturated heterocycles. The summed E-state index contributed by atoms with van der Waals surface area (Å²) >= 11 is 0. The third-order valence-electron chi connectivity index (χ3n) is 4.92. The zero-order valence-corrected chi connectivity index (χ0v) is 17.7. The quantitative estimate of drug-likeness (QED) is 0.394. The maximum Gasteiger partial charge on any atom is 0.573 e. The van der Waals surface area contributed by atoms with E-state index >= 15 is 0 Å². The Morgan fingerprint density at radius 3 is 2.72 bits per heavy atom. The summed E-state index contributed by atoms with van der Waals surface area (Å²) in [5.41, 5.74) is 1.62. The first-order valence-electron chi connectivity index (χ1n) is 10.4. The van der Waals surface area contributed by atoms with Gasteiger partial charge in [-0.2, -0.15) is 0 Å². The van der Waals surface area contributed by atoms with E-state index in [4.69, 9.17) is 9.47 Å². The van der Waals surface area contributed by atoms with Crippen LogP contribution in [0.15, 0.2) is 54.9 Å². The van der Waals surface area contributed by atoms with E-state index < -0.39 is 6.36 Å². The van der Waals surface area contributed by atoms with E-state index in [2.05, 4.69) is 14.6 Å². The SMILES string of the molecule is CCOC(=O)/C=C/CC1CCCN1c1cncc(OCc2ccc(OC(F)(F)F)cc2)c1. The van der Waals surface area contributed by atoms with Crippen LogP contribution in [0.1, 0.15) is 31.7 Å². The second-order valence-corrected chi connectivity index (χ2v) is 7.24. The molecular weight excluding hydrogens is 425 g/mol. The molecule has 0 radical (unpaired) electrons. The van der Waals surface area contributed by atoms with Crippen LogP contribution in [0.3, 0.4) is 0 Å². The number of nitrogens with zero attached hydrogens (tertiary/aromatic N) is 2. The molecule has 1 aliphatic heterocycles. The van der Waals surface area contributed by atoms with Crippen LogP contribution in [0.25, 0.3) is 0 Å². The van der Waals surface area contributed by atoms with Gasteiger partial charge in [0.1, 0.15) is 18.1 Å². The van der Waals surface area contributed by atoms with Gasteiger partial charge < -0.3 is 19.1 Å². The van der Waals surface area contributed by atoms with Crippen molar-refractivity contribution in [3.05, 3.63) is 60.4 Å². The van der Waals surface area contributed by atoms with Crippen LogP contribution < -0.4 is 14.4 Å². The van der Waals surface area contributed by atoms with Gasteiger partial charge in [-0.05, 0) is 43.9 Å². The number of benzene rings is 1. The molecule has 1 unspecified atom stereocenters. The zero-order chi connectivity index (χ0) is 23.0. The fourth-order valence-corrected chi connectivity index (χ4v) is 3.53. The van der Waals surface area contributed by atoms with Crippen LogP contribution in [-0.4, -0.2) is 36.5 Å². The van der Waals surface area contributed by atoms with Gasteiger partial charge in [-0.25, -0.2) is 4.79 Å². The van der Waals surface area contributed by atoms with Crippen LogP contribution in [0, 0.1) is 0 Å². The number of ether oxygens (including phenoxy) is 3. The fourth-order valence-electron chi connectivity index (χ4n) is 3.53. The molecule has 1 aliphatic rings. The minimum absolute atomic E-state index is 0.184. The van der Waals surface area contributed by atoms with Crippen molar-refractivity contribution in [3.63, 3.8) is 0 Å². The number of anilines is 1. The van der Waals surface area contributed by atoms with Crippen LogP contribution in [-0.2, 0) is 16.1 Å². The Kier molecular flexibility index (Phi) is 7.97. The standard InChI is InChI=1S/C23H25F3N2O4/c1-2-30-22(29)7-3-5-18-6-4-12-28(18)19-13-21(15-27-14-19)31-16-17-8-10-20(11-9-17)32-23(24,25)26/h3,7-11,13-15,18H,2,4-6,12,16H2,1H3/b7-3+. The highest BCUT2D eigenvalue weighted by molar-refractivity contribution is 5.81. The van der Waals surface area contributed by atoms with E-state index in [0.717, 1.165) is 31.5 Å². The average Bonchev–Trinajstić information content (AvgIpc) is 3.21. The summed E-state index contributed by atoms with van der Waals surface area (Å²) in [6, 6.07) is 7.68. The molecule has 1 atom stereocenters. The Morgan fingerprint density at radius 2 is 2.00 bits per heavy atom. The van der Waals surface area contributed by atoms with Gasteiger partial charge >= 0.3 is 12.3 Å². The predicted molar refractivity (Wildman–Crippen MR) is 112 cm³/mol. The minimum Gasteiger partial charge on any atom is -0.487 e. The van der Waals surface area contributed by atoms with Crippen molar-refractivity contribution in [2.45, 2.75) is 45.2 Å². The number of alkyl halides is 3. The molecule has 1 aromatic carbocycles. The van der Waals surface area contributed by atoms with Gasteiger partial charge in [0, 0.05) is 24.7 Å². The Balaban J connectivity index is 1.57. The number of halogens is 3. The van der Waals surface area contributed by atoms with E-state index in [1.807, 2.05) is 12.1 Å². The van der Waals surface area contributed by atoms with E-state index in [9.17, 15) is 18.0 Å². The lowest BCUT2D eigenvalue weighted by Crippen LogP contribution is -2.28. The summed E-state index contributed by atoms with van der Waals surface area (Å²) in [7, 11) is 0. The van der Waals surface area contributed by atoms with Gasteiger partial charge in [0.05, 0.1) is 24.7 Å². The molecule has 0 saturated carbocycles. The first-order valence-corrected chi connectivity index (χ1v) is 10.4. The molecule has 6 nitrogen and oxygen atoms in total. The minimum atomic E-state index is -4.72. The van der Waals surface area contributed by atoms with Gasteiger partial charge in [-0.1, -0.05) is 18.2 Å². The zero-order valence-electron chi connectivity index (χ0n) is 17.7. The van der Waals surface area contributed by atoms with Crippen molar-refractivity contribution >= 4 is 11.7 Å². The number of carbonyl (C=O) groups excluding carboxylic acids is 1. The van der Waals surface area contributed by atoms with Gasteiger partial charge in [0.25, 0.3) is 0 Å². The molecule has 2 heterocycles. The van der Waals surface area contributed by atoms with Crippen molar-refractivity contribution in [3.8, 4) is 11.5 Å². The second-order valence-electron chi connectivity index (χ2n) is 7.24. The lowest BCUT2D eigenvalue weighted by molar-refractivity contribution is -0.274. The second kappa shape index (κ2) is 10.9. The predicted octanol–water partition coefficient (Wildman–Crippen LogP) is 5.04. The Labute approximate surface area is 184 Å². The highest BCUT2D eigenvalue weighted by atomic mass is 19.4. The van der Waals surface area contributed by atoms with Crippen molar-refractivity contribution in [1.82, 2.24) is 4.98 Å². The van der Waals surface area contributed by atoms with Gasteiger partial charge in [0.15, 0.2) is 0 Å². The summed E-state index contributed by atoms with van der Waals surface area (Å²) < 4.78 is 51.3. The van der Waals surface area contributed by atoms with Crippen molar-refractivity contribution in [2.75, 3.05) is 18.1 Å². The summed E-state index contributed by atoms with van der Waals surface area (Å²) in [6.45, 7) is 3.18. The van der Waals surface area contributed by atoms with Crippen molar-refractivity contribution in [2.24, 2.45) is 0 Å². The number of esters is 1. The summed E-state index contributed by atoms with van der Waals surface area (Å²) in [5.74, 6) is -0.0556. The molecule has 0 spiro atoms. The van der Waals surface area contributed by atoms with E-state index in [1.54, 1.807) is 19.3 Å². The van der Waals surface area contributed by atoms with Gasteiger partial charge in [0.2, 0.25) is 0 Å². The Morgan fingerprint density at radius 1 is 1.22 bits per heavy atom. The summed E-state index contributed by atoms with van der Waals surface area (Å²) in [4.78, 5) is 18.0. The number of aromatic nitrogens is 1. The summed E-state index contributed by atoms with van der Waals surface area (Å²) in [5, 5.41) is 0. The maximum atomic E-state index is 12.3. The first-order chi connectivity index (χ1) is 15.3. The molecule has 172 valence electrons. The number of hydrogen-bond acceptors (Lipinski definition) is 6. The molecule has 0 amide bonds. The normalized spacial score (nSPS) is 16.4. The first kappa shape index (κ1) is 23.4. The summed E-state index contributed by atoms with van der Waals surface area (Å²) in [6.07, 6.45) is 4.70. The number of rotatable bonds is 9. The highest BCUT2D eigenvalue weighted by Crippen LogP contribution is 2.30. The van der Waals surface area contributed by atoms with Crippen LogP contribution >= 0.6 is 0 Å². The Hall–Kier alpha value is -3.23. The van der Waals surface area contributed by atoms with Crippen LogP contribution in [0.5, 0.6) is 11.5 Å². The number of carbonyl (C=O) groups is 1. The van der Waals surface area contributed by atoms with Gasteiger partial charge in [-0.15, -0.1) is 13.2 Å². The van der Waals surface area contributed by atoms with Gasteiger partial charge in [-0.3, -0.25) is 4.98 Å². The molecule has 3 rings (SSSR count). The van der Waals surface area contributed by atoms with E-state index in [1.165, 1.54) is 30.3 Å². The topological polar surface area (TPSA) is 60.9 Å². The third-order valence-corrected chi connectivity index (χ3v) is 4.92. The maximum absolute atomic E-state index is 12.3. The van der Waals surface area contributed by atoms with Crippen LogP contribution in [0.4, 0.5) is 18.9 Å². The molecule has 2 aromatic rings. The van der Waals surface area contributed by atoms with Crippen molar-refractivity contribution < 1.29 is 32.2 Å². The smallest absolute Gasteiger partial charge is 0.487 e. The monoisotopic (exact) mass is 450 g/mol. The molecule has 0 aliphatic carbocycles. The van der Waals surface area contributed by atoms with Crippen molar-refractivity contribution in [1.29, 1.82) is 0 Å². The molecule has 32 heavy (non-hydrogen) atoms.